The molecular formula is C10H2FN5. The van der Waals surface area contributed by atoms with E-state index in [2.05, 4.69) is 9.83 Å². The van der Waals surface area contributed by atoms with Crippen molar-refractivity contribution in [1.29, 1.82) is 15.8 Å². The van der Waals surface area contributed by atoms with Crippen LogP contribution in [0.2, 0.25) is 0 Å². The van der Waals surface area contributed by atoms with Crippen LogP contribution in [0.4, 0.5) is 4.39 Å². The number of hydrogen-bond acceptors (Lipinski definition) is 4. The highest BCUT2D eigenvalue weighted by Gasteiger charge is 2.21. The summed E-state index contributed by atoms with van der Waals surface area (Å²) in [5, 5.41) is 26.2. The summed E-state index contributed by atoms with van der Waals surface area (Å²) in [6, 6.07) is 4.76. The fourth-order valence-corrected chi connectivity index (χ4v) is 1.13. The van der Waals surface area contributed by atoms with Crippen LogP contribution in [-0.4, -0.2) is 4.98 Å². The van der Waals surface area contributed by atoms with Gasteiger partial charge in [-0.15, -0.1) is 0 Å². The molecule has 0 unspecified atom stereocenters. The van der Waals surface area contributed by atoms with Gasteiger partial charge in [0.05, 0.1) is 5.56 Å². The zero-order chi connectivity index (χ0) is 12.1. The van der Waals surface area contributed by atoms with E-state index in [0.717, 1.165) is 0 Å². The highest BCUT2D eigenvalue weighted by atomic mass is 19.1. The van der Waals surface area contributed by atoms with Crippen LogP contribution in [0, 0.1) is 46.5 Å². The summed E-state index contributed by atoms with van der Waals surface area (Å²) >= 11 is 0. The lowest BCUT2D eigenvalue weighted by atomic mass is 10.0. The van der Waals surface area contributed by atoms with E-state index in [9.17, 15) is 4.39 Å². The zero-order valence-corrected chi connectivity index (χ0v) is 7.82. The Morgan fingerprint density at radius 3 is 2.25 bits per heavy atom. The third kappa shape index (κ3) is 1.64. The molecule has 0 aliphatic rings. The van der Waals surface area contributed by atoms with E-state index in [1.807, 2.05) is 0 Å². The maximum absolute atomic E-state index is 13.3. The molecule has 0 radical (unpaired) electrons. The summed E-state index contributed by atoms with van der Waals surface area (Å²) < 4.78 is 13.3. The molecule has 0 aliphatic heterocycles. The van der Waals surface area contributed by atoms with Crippen LogP contribution in [0.3, 0.4) is 0 Å². The number of halogens is 1. The minimum atomic E-state index is -1.05. The molecule has 1 aromatic rings. The van der Waals surface area contributed by atoms with Crippen molar-refractivity contribution in [3.05, 3.63) is 39.7 Å². The second-order valence-corrected chi connectivity index (χ2v) is 2.63. The van der Waals surface area contributed by atoms with Gasteiger partial charge in [-0.2, -0.15) is 20.2 Å². The molecule has 16 heavy (non-hydrogen) atoms. The Morgan fingerprint density at radius 2 is 1.81 bits per heavy atom. The Balaban J connectivity index is 3.71. The minimum Gasteiger partial charge on any atom is -0.312 e. The van der Waals surface area contributed by atoms with Crippen molar-refractivity contribution in [3.8, 4) is 18.2 Å². The van der Waals surface area contributed by atoms with E-state index in [1.165, 1.54) is 6.07 Å². The second-order valence-electron chi connectivity index (χ2n) is 2.63. The van der Waals surface area contributed by atoms with Crippen LogP contribution < -0.4 is 0 Å². The third-order valence-electron chi connectivity index (χ3n) is 1.81. The molecule has 0 spiro atoms. The van der Waals surface area contributed by atoms with Gasteiger partial charge >= 0.3 is 0 Å². The summed E-state index contributed by atoms with van der Waals surface area (Å²) in [7, 11) is 0. The van der Waals surface area contributed by atoms with Crippen LogP contribution in [0.15, 0.2) is 0 Å². The molecule has 0 amide bonds. The van der Waals surface area contributed by atoms with E-state index >= 15 is 0 Å². The predicted octanol–water partition coefficient (Wildman–Crippen LogP) is 1.26. The van der Waals surface area contributed by atoms with Crippen molar-refractivity contribution >= 4 is 0 Å². The molecule has 0 bridgehead atoms. The summed E-state index contributed by atoms with van der Waals surface area (Å²) in [5.41, 5.74) is -1.26. The topological polar surface area (TPSA) is 88.6 Å². The molecule has 1 heterocycles. The molecule has 0 fully saturated rings. The van der Waals surface area contributed by atoms with Crippen molar-refractivity contribution in [2.24, 2.45) is 0 Å². The smallest absolute Gasteiger partial charge is 0.245 e. The maximum Gasteiger partial charge on any atom is 0.245 e. The Bertz CT molecular complexity index is 607. The summed E-state index contributed by atoms with van der Waals surface area (Å²) in [6.07, 6.45) is 0. The van der Waals surface area contributed by atoms with E-state index in [1.54, 1.807) is 12.1 Å². The molecule has 0 saturated heterocycles. The molecule has 1 rings (SSSR count). The van der Waals surface area contributed by atoms with Crippen molar-refractivity contribution < 1.29 is 4.39 Å². The standard InChI is InChI=1S/C10H2FN5/c1-15-5-8-6(2-12)7(3-13)9(4-14)16-10(8)11/h5H2. The predicted molar refractivity (Wildman–Crippen MR) is 48.6 cm³/mol. The van der Waals surface area contributed by atoms with Gasteiger partial charge in [0.25, 0.3) is 0 Å². The van der Waals surface area contributed by atoms with Crippen molar-refractivity contribution in [2.75, 3.05) is 0 Å². The van der Waals surface area contributed by atoms with Crippen LogP contribution in [0.5, 0.6) is 0 Å². The number of aromatic nitrogens is 1. The first kappa shape index (κ1) is 11.1. The monoisotopic (exact) mass is 211 g/mol. The molecule has 0 aromatic carbocycles. The van der Waals surface area contributed by atoms with Crippen LogP contribution in [0.1, 0.15) is 22.4 Å². The number of pyridine rings is 1. The van der Waals surface area contributed by atoms with Gasteiger partial charge in [-0.25, -0.2) is 11.6 Å². The van der Waals surface area contributed by atoms with Crippen LogP contribution >= 0.6 is 0 Å². The molecular weight excluding hydrogens is 209 g/mol. The van der Waals surface area contributed by atoms with Gasteiger partial charge in [0.1, 0.15) is 29.3 Å². The lowest BCUT2D eigenvalue weighted by Gasteiger charge is -2.01. The van der Waals surface area contributed by atoms with Crippen molar-refractivity contribution in [1.82, 2.24) is 4.98 Å². The highest BCUT2D eigenvalue weighted by Crippen LogP contribution is 2.19. The van der Waals surface area contributed by atoms with Gasteiger partial charge in [0.2, 0.25) is 12.5 Å². The number of rotatable bonds is 1. The number of hydrogen-bond donors (Lipinski definition) is 0. The molecule has 0 aliphatic carbocycles. The van der Waals surface area contributed by atoms with Crippen molar-refractivity contribution in [2.45, 2.75) is 6.54 Å². The van der Waals surface area contributed by atoms with Gasteiger partial charge in [-0.05, 0) is 0 Å². The first-order valence-corrected chi connectivity index (χ1v) is 3.95. The third-order valence-corrected chi connectivity index (χ3v) is 1.81. The van der Waals surface area contributed by atoms with Gasteiger partial charge in [0, 0.05) is 0 Å². The fourth-order valence-electron chi connectivity index (χ4n) is 1.13. The molecule has 1 aromatic heterocycles. The average molecular weight is 211 g/mol. The molecule has 6 heteroatoms. The van der Waals surface area contributed by atoms with Gasteiger partial charge in [-0.1, -0.05) is 0 Å². The number of nitrogens with zero attached hydrogens (tertiary/aromatic N) is 5. The quantitative estimate of drug-likeness (QED) is 0.516. The Labute approximate surface area is 90.4 Å². The molecule has 5 nitrogen and oxygen atoms in total. The summed E-state index contributed by atoms with van der Waals surface area (Å²) in [5.74, 6) is -1.05. The second kappa shape index (κ2) is 4.51. The summed E-state index contributed by atoms with van der Waals surface area (Å²) in [4.78, 5) is 6.18. The van der Waals surface area contributed by atoms with Crippen LogP contribution in [0.25, 0.3) is 4.85 Å². The molecule has 0 N–H and O–H groups in total. The maximum atomic E-state index is 13.3. The Kier molecular flexibility index (Phi) is 3.13. The van der Waals surface area contributed by atoms with E-state index in [4.69, 9.17) is 22.4 Å². The van der Waals surface area contributed by atoms with E-state index in [0.29, 0.717) is 0 Å². The van der Waals surface area contributed by atoms with Gasteiger partial charge < -0.3 is 4.85 Å². The normalized spacial score (nSPS) is 8.31. The largest absolute Gasteiger partial charge is 0.312 e. The van der Waals surface area contributed by atoms with Crippen LogP contribution in [-0.2, 0) is 6.54 Å². The average Bonchev–Trinajstić information content (AvgIpc) is 2.30. The lowest BCUT2D eigenvalue weighted by molar-refractivity contribution is 0.568. The Morgan fingerprint density at radius 1 is 1.19 bits per heavy atom. The van der Waals surface area contributed by atoms with Gasteiger partial charge in [0.15, 0.2) is 5.69 Å². The first-order chi connectivity index (χ1) is 7.69. The zero-order valence-electron chi connectivity index (χ0n) is 7.82. The lowest BCUT2D eigenvalue weighted by Crippen LogP contribution is -2.04. The fraction of sp³-hybridized carbons (Fsp3) is 0.100. The SMILES string of the molecule is [C-]#[N+]Cc1c(F)nc(C#N)c(C#N)c1C#N. The minimum absolute atomic E-state index is 0.243. The number of nitriles is 3. The van der Waals surface area contributed by atoms with E-state index in [-0.39, 0.29) is 23.2 Å². The summed E-state index contributed by atoms with van der Waals surface area (Å²) in [6.45, 7) is 6.22. The van der Waals surface area contributed by atoms with Gasteiger partial charge in [-0.3, -0.25) is 0 Å². The molecule has 0 atom stereocenters. The van der Waals surface area contributed by atoms with Crippen molar-refractivity contribution in [3.63, 3.8) is 0 Å². The first-order valence-electron chi connectivity index (χ1n) is 3.95. The Hall–Kier alpha value is -2.96. The van der Waals surface area contributed by atoms with E-state index < -0.39 is 11.6 Å². The molecule has 0 saturated carbocycles. The highest BCUT2D eigenvalue weighted by molar-refractivity contribution is 5.55. The molecule has 74 valence electrons.